The Hall–Kier alpha value is -1.73. The number of carbonyl (C=O) groups excluding carboxylic acids is 1. The molecule has 103 valence electrons. The minimum atomic E-state index is -0.259. The van der Waals surface area contributed by atoms with Crippen molar-refractivity contribution < 1.29 is 4.79 Å². The molecule has 0 aliphatic carbocycles. The fourth-order valence-corrected chi connectivity index (χ4v) is 3.17. The molecule has 0 saturated carbocycles. The van der Waals surface area contributed by atoms with Crippen LogP contribution in [0.1, 0.15) is 22.6 Å². The van der Waals surface area contributed by atoms with Crippen LogP contribution in [-0.2, 0) is 0 Å². The van der Waals surface area contributed by atoms with Gasteiger partial charge in [-0.3, -0.25) is 9.79 Å². The molecule has 0 amide bonds. The maximum atomic E-state index is 12.3. The van der Waals surface area contributed by atoms with Gasteiger partial charge in [0.25, 0.3) is 0 Å². The van der Waals surface area contributed by atoms with Crippen LogP contribution in [0.3, 0.4) is 0 Å². The topological polar surface area (TPSA) is 94.4 Å². The van der Waals surface area contributed by atoms with E-state index < -0.39 is 0 Å². The zero-order chi connectivity index (χ0) is 14.5. The van der Waals surface area contributed by atoms with Crippen molar-refractivity contribution in [2.24, 2.45) is 16.5 Å². The van der Waals surface area contributed by atoms with E-state index >= 15 is 0 Å². The summed E-state index contributed by atoms with van der Waals surface area (Å²) in [7, 11) is 3.47. The Labute approximate surface area is 124 Å². The molecule has 2 aromatic rings. The zero-order valence-corrected chi connectivity index (χ0v) is 12.7. The number of guanidine groups is 1. The average Bonchev–Trinajstić information content (AvgIpc) is 2.86. The summed E-state index contributed by atoms with van der Waals surface area (Å²) in [5.41, 5.74) is 11.1. The molecular weight excluding hydrogens is 288 g/mol. The number of fused-ring (bicyclic) bond motifs is 1. The summed E-state index contributed by atoms with van der Waals surface area (Å²) in [6, 6.07) is 7.72. The lowest BCUT2D eigenvalue weighted by atomic mass is 10.1. The number of nitrogens with zero attached hydrogens (tertiary/aromatic N) is 2. The normalized spacial score (nSPS) is 12.2. The molecule has 0 spiro atoms. The number of para-hydroxylation sites is 1. The van der Waals surface area contributed by atoms with Crippen LogP contribution >= 0.6 is 11.3 Å². The van der Waals surface area contributed by atoms with E-state index in [2.05, 4.69) is 20.2 Å². The molecule has 7 heteroatoms. The molecule has 1 atom stereocenters. The van der Waals surface area contributed by atoms with E-state index in [1.165, 1.54) is 11.3 Å². The van der Waals surface area contributed by atoms with E-state index in [0.717, 1.165) is 16.6 Å². The third-order valence-corrected chi connectivity index (χ3v) is 4.37. The van der Waals surface area contributed by atoms with Crippen molar-refractivity contribution in [3.8, 4) is 0 Å². The van der Waals surface area contributed by atoms with E-state index in [1.54, 1.807) is 0 Å². The smallest absolute Gasteiger partial charge is 0.191 e. The highest BCUT2D eigenvalue weighted by Gasteiger charge is 2.18. The van der Waals surface area contributed by atoms with Crippen LogP contribution in [0.2, 0.25) is 5.54 Å². The van der Waals surface area contributed by atoms with Gasteiger partial charge in [-0.2, -0.15) is 0 Å². The predicted octanol–water partition coefficient (Wildman–Crippen LogP) is 1.49. The number of aliphatic imine (C=N–C) groups is 1. The highest BCUT2D eigenvalue weighted by atomic mass is 32.1. The SMILES string of the molecule is NC(N)=NCCC[C@H]([Si])C(=O)c1nc2ccccc2s1. The van der Waals surface area contributed by atoms with Crippen molar-refractivity contribution in [2.75, 3.05) is 6.54 Å². The summed E-state index contributed by atoms with van der Waals surface area (Å²) in [4.78, 5) is 20.5. The third kappa shape index (κ3) is 3.64. The van der Waals surface area contributed by atoms with Crippen molar-refractivity contribution in [3.63, 3.8) is 0 Å². The van der Waals surface area contributed by atoms with Gasteiger partial charge in [0, 0.05) is 22.3 Å². The molecule has 0 aliphatic heterocycles. The van der Waals surface area contributed by atoms with Crippen LogP contribution in [0.15, 0.2) is 29.3 Å². The van der Waals surface area contributed by atoms with Crippen molar-refractivity contribution in [1.29, 1.82) is 0 Å². The number of thiazole rings is 1. The van der Waals surface area contributed by atoms with E-state index in [9.17, 15) is 4.79 Å². The number of aromatic nitrogens is 1. The molecule has 0 fully saturated rings. The minimum absolute atomic E-state index is 0.00701. The van der Waals surface area contributed by atoms with Crippen LogP contribution in [0.25, 0.3) is 10.2 Å². The largest absolute Gasteiger partial charge is 0.370 e. The van der Waals surface area contributed by atoms with Crippen molar-refractivity contribution in [1.82, 2.24) is 4.98 Å². The molecule has 5 nitrogen and oxygen atoms in total. The lowest BCUT2D eigenvalue weighted by molar-refractivity contribution is 0.0980. The summed E-state index contributed by atoms with van der Waals surface area (Å²) >= 11 is 1.42. The van der Waals surface area contributed by atoms with Gasteiger partial charge in [0.05, 0.1) is 10.2 Å². The predicted molar refractivity (Wildman–Crippen MR) is 83.4 cm³/mol. The summed E-state index contributed by atoms with van der Waals surface area (Å²) in [6.07, 6.45) is 1.41. The third-order valence-electron chi connectivity index (χ3n) is 2.77. The Balaban J connectivity index is 1.97. The summed E-state index contributed by atoms with van der Waals surface area (Å²) in [5, 5.41) is 0.535. The Morgan fingerprint density at radius 2 is 2.15 bits per heavy atom. The van der Waals surface area contributed by atoms with Gasteiger partial charge in [-0.15, -0.1) is 11.3 Å². The number of ketones is 1. The van der Waals surface area contributed by atoms with Gasteiger partial charge in [-0.05, 0) is 25.0 Å². The van der Waals surface area contributed by atoms with Gasteiger partial charge in [0.1, 0.15) is 0 Å². The standard InChI is InChI=1S/C13H15N4OSSi/c14-13(15)16-7-3-6-10(20)11(18)12-17-8-4-1-2-5-9(8)19-12/h1-2,4-5,10H,3,6-7H2,(H4,14,15,16)/t10-/m0/s1. The van der Waals surface area contributed by atoms with E-state index in [4.69, 9.17) is 11.5 Å². The molecule has 3 radical (unpaired) electrons. The molecule has 0 unspecified atom stereocenters. The van der Waals surface area contributed by atoms with Crippen LogP contribution in [-0.4, -0.2) is 33.5 Å². The summed E-state index contributed by atoms with van der Waals surface area (Å²) in [6.45, 7) is 0.524. The van der Waals surface area contributed by atoms with Gasteiger partial charge in [0.2, 0.25) is 0 Å². The van der Waals surface area contributed by atoms with E-state index in [-0.39, 0.29) is 17.3 Å². The molecule has 0 saturated heterocycles. The van der Waals surface area contributed by atoms with Crippen molar-refractivity contribution in [3.05, 3.63) is 29.3 Å². The molecule has 4 N–H and O–H groups in total. The maximum Gasteiger partial charge on any atom is 0.191 e. The minimum Gasteiger partial charge on any atom is -0.370 e. The van der Waals surface area contributed by atoms with Crippen molar-refractivity contribution >= 4 is 43.5 Å². The Bertz CT molecular complexity index is 603. The Kier molecular flexibility index (Phi) is 4.86. The Morgan fingerprint density at radius 1 is 1.40 bits per heavy atom. The second-order valence-electron chi connectivity index (χ2n) is 4.35. The van der Waals surface area contributed by atoms with Gasteiger partial charge in [0.15, 0.2) is 16.8 Å². The van der Waals surface area contributed by atoms with Crippen molar-refractivity contribution in [2.45, 2.75) is 18.4 Å². The first-order chi connectivity index (χ1) is 9.58. The van der Waals surface area contributed by atoms with Crippen LogP contribution < -0.4 is 11.5 Å². The molecule has 0 bridgehead atoms. The van der Waals surface area contributed by atoms with Gasteiger partial charge < -0.3 is 11.5 Å². The van der Waals surface area contributed by atoms with Crippen LogP contribution in [0.5, 0.6) is 0 Å². The molecule has 20 heavy (non-hydrogen) atoms. The van der Waals surface area contributed by atoms with Gasteiger partial charge in [-0.1, -0.05) is 12.1 Å². The number of hydrogen-bond acceptors (Lipinski definition) is 4. The average molecular weight is 303 g/mol. The first-order valence-electron chi connectivity index (χ1n) is 6.24. The fourth-order valence-electron chi connectivity index (χ4n) is 1.76. The number of hydrogen-bond donors (Lipinski definition) is 2. The quantitative estimate of drug-likeness (QED) is 0.278. The summed E-state index contributed by atoms with van der Waals surface area (Å²) < 4.78 is 1.02. The van der Waals surface area contributed by atoms with Crippen LogP contribution in [0.4, 0.5) is 0 Å². The highest BCUT2D eigenvalue weighted by molar-refractivity contribution is 7.20. The number of carbonyl (C=O) groups is 1. The van der Waals surface area contributed by atoms with Gasteiger partial charge in [-0.25, -0.2) is 4.98 Å². The number of Topliss-reactive ketones (excluding diaryl/α,β-unsaturated/α-hetero) is 1. The second-order valence-corrected chi connectivity index (χ2v) is 6.08. The van der Waals surface area contributed by atoms with Gasteiger partial charge >= 0.3 is 0 Å². The monoisotopic (exact) mass is 303 g/mol. The lowest BCUT2D eigenvalue weighted by Crippen LogP contribution is -2.23. The molecule has 1 aromatic heterocycles. The van der Waals surface area contributed by atoms with E-state index in [1.807, 2.05) is 24.3 Å². The molecule has 2 rings (SSSR count). The fraction of sp³-hybridized carbons (Fsp3) is 0.308. The van der Waals surface area contributed by atoms with E-state index in [0.29, 0.717) is 18.0 Å². The molecular formula is C13H15N4OSSi. The number of rotatable bonds is 6. The molecule has 1 heterocycles. The zero-order valence-electron chi connectivity index (χ0n) is 10.9. The number of nitrogens with two attached hydrogens (primary N) is 2. The lowest BCUT2D eigenvalue weighted by Gasteiger charge is -2.06. The first kappa shape index (κ1) is 14.7. The maximum absolute atomic E-state index is 12.3. The molecule has 0 aliphatic rings. The molecule has 1 aromatic carbocycles. The first-order valence-corrected chi connectivity index (χ1v) is 7.63. The van der Waals surface area contributed by atoms with Crippen LogP contribution in [0, 0.1) is 0 Å². The highest BCUT2D eigenvalue weighted by Crippen LogP contribution is 2.25. The Morgan fingerprint density at radius 3 is 2.85 bits per heavy atom. The summed E-state index contributed by atoms with van der Waals surface area (Å²) in [5.74, 6) is 0.0839. The second kappa shape index (κ2) is 6.62. The number of benzene rings is 1.